The van der Waals surface area contributed by atoms with Crippen molar-refractivity contribution in [1.29, 1.82) is 0 Å². The molecule has 1 aromatic heterocycles. The Balaban J connectivity index is 2.09. The maximum atomic E-state index is 6.07. The van der Waals surface area contributed by atoms with Gasteiger partial charge in [0.15, 0.2) is 0 Å². The summed E-state index contributed by atoms with van der Waals surface area (Å²) in [4.78, 5) is 4.85. The van der Waals surface area contributed by atoms with E-state index >= 15 is 0 Å². The first-order valence-corrected chi connectivity index (χ1v) is 7.78. The zero-order valence-corrected chi connectivity index (χ0v) is 13.1. The van der Waals surface area contributed by atoms with Crippen LogP contribution in [0.15, 0.2) is 12.4 Å². The van der Waals surface area contributed by atoms with Crippen molar-refractivity contribution in [1.82, 2.24) is 19.6 Å². The van der Waals surface area contributed by atoms with Gasteiger partial charge in [0.1, 0.15) is 0 Å². The van der Waals surface area contributed by atoms with Crippen molar-refractivity contribution in [3.8, 4) is 0 Å². The average Bonchev–Trinajstić information content (AvgIpc) is 3.01. The minimum Gasteiger partial charge on any atom is -0.329 e. The van der Waals surface area contributed by atoms with E-state index in [2.05, 4.69) is 42.1 Å². The lowest BCUT2D eigenvalue weighted by atomic mass is 10.1. The molecule has 1 saturated heterocycles. The SMILES string of the molecule is CCCn1cc(C(CN)N2CCCC2CN(C)C)cn1. The molecule has 20 heavy (non-hydrogen) atoms. The van der Waals surface area contributed by atoms with Crippen LogP contribution in [-0.2, 0) is 6.54 Å². The Hall–Kier alpha value is -0.910. The minimum absolute atomic E-state index is 0.313. The van der Waals surface area contributed by atoms with Crippen LogP contribution in [-0.4, -0.2) is 59.4 Å². The van der Waals surface area contributed by atoms with Gasteiger partial charge in [0, 0.05) is 37.4 Å². The molecular weight excluding hydrogens is 250 g/mol. The highest BCUT2D eigenvalue weighted by atomic mass is 15.3. The number of rotatable bonds is 7. The lowest BCUT2D eigenvalue weighted by molar-refractivity contribution is 0.156. The van der Waals surface area contributed by atoms with Crippen LogP contribution >= 0.6 is 0 Å². The number of hydrogen-bond acceptors (Lipinski definition) is 4. The second-order valence-corrected chi connectivity index (χ2v) is 6.08. The molecule has 0 aliphatic carbocycles. The highest BCUT2D eigenvalue weighted by Crippen LogP contribution is 2.29. The van der Waals surface area contributed by atoms with Gasteiger partial charge in [-0.05, 0) is 39.9 Å². The lowest BCUT2D eigenvalue weighted by Crippen LogP contribution is -2.42. The molecule has 1 aliphatic rings. The first-order chi connectivity index (χ1) is 9.65. The fourth-order valence-electron chi connectivity index (χ4n) is 3.25. The largest absolute Gasteiger partial charge is 0.329 e. The van der Waals surface area contributed by atoms with Gasteiger partial charge in [-0.25, -0.2) is 0 Å². The Labute approximate surface area is 122 Å². The number of nitrogens with zero attached hydrogens (tertiary/aromatic N) is 4. The molecule has 2 heterocycles. The fraction of sp³-hybridized carbons (Fsp3) is 0.800. The monoisotopic (exact) mass is 279 g/mol. The van der Waals surface area contributed by atoms with Crippen LogP contribution in [0.25, 0.3) is 0 Å². The zero-order chi connectivity index (χ0) is 14.5. The summed E-state index contributed by atoms with van der Waals surface area (Å²) in [5.41, 5.74) is 7.34. The average molecular weight is 279 g/mol. The van der Waals surface area contributed by atoms with Gasteiger partial charge in [-0.15, -0.1) is 0 Å². The second kappa shape index (κ2) is 7.20. The van der Waals surface area contributed by atoms with E-state index in [-0.39, 0.29) is 0 Å². The Bertz CT molecular complexity index is 401. The smallest absolute Gasteiger partial charge is 0.0538 e. The molecule has 1 aliphatic heterocycles. The Kier molecular flexibility index (Phi) is 5.57. The van der Waals surface area contributed by atoms with E-state index in [1.54, 1.807) is 0 Å². The molecule has 2 unspecified atom stereocenters. The number of likely N-dealkylation sites (tertiary alicyclic amines) is 1. The minimum atomic E-state index is 0.313. The molecule has 2 N–H and O–H groups in total. The van der Waals surface area contributed by atoms with E-state index in [4.69, 9.17) is 5.73 Å². The zero-order valence-electron chi connectivity index (χ0n) is 13.1. The number of aryl methyl sites for hydroxylation is 1. The summed E-state index contributed by atoms with van der Waals surface area (Å²) in [6.45, 7) is 6.09. The van der Waals surface area contributed by atoms with Crippen LogP contribution < -0.4 is 5.73 Å². The van der Waals surface area contributed by atoms with Crippen LogP contribution in [0.2, 0.25) is 0 Å². The standard InChI is InChI=1S/C15H29N5/c1-4-7-19-11-13(10-17-19)15(9-16)20-8-5-6-14(20)12-18(2)3/h10-11,14-15H,4-9,12,16H2,1-3H3. The first-order valence-electron chi connectivity index (χ1n) is 7.78. The Morgan fingerprint density at radius 1 is 1.50 bits per heavy atom. The molecule has 0 saturated carbocycles. The first kappa shape index (κ1) is 15.5. The molecule has 0 spiro atoms. The van der Waals surface area contributed by atoms with Crippen molar-refractivity contribution in [3.05, 3.63) is 18.0 Å². The summed E-state index contributed by atoms with van der Waals surface area (Å²) in [5, 5.41) is 4.46. The quantitative estimate of drug-likeness (QED) is 0.818. The number of likely N-dealkylation sites (N-methyl/N-ethyl adjacent to an activating group) is 1. The van der Waals surface area contributed by atoms with Crippen molar-refractivity contribution in [2.45, 2.75) is 44.8 Å². The summed E-state index contributed by atoms with van der Waals surface area (Å²) in [7, 11) is 4.29. The molecule has 0 amide bonds. The van der Waals surface area contributed by atoms with Gasteiger partial charge < -0.3 is 10.6 Å². The van der Waals surface area contributed by atoms with Gasteiger partial charge in [0.25, 0.3) is 0 Å². The van der Waals surface area contributed by atoms with E-state index in [0.717, 1.165) is 26.1 Å². The topological polar surface area (TPSA) is 50.3 Å². The molecule has 5 heteroatoms. The third kappa shape index (κ3) is 3.59. The molecule has 0 bridgehead atoms. The third-order valence-corrected chi connectivity index (χ3v) is 4.11. The summed E-state index contributed by atoms with van der Waals surface area (Å²) >= 11 is 0. The van der Waals surface area contributed by atoms with Crippen molar-refractivity contribution < 1.29 is 0 Å². The predicted molar refractivity (Wildman–Crippen MR) is 82.6 cm³/mol. The van der Waals surface area contributed by atoms with Crippen molar-refractivity contribution >= 4 is 0 Å². The van der Waals surface area contributed by atoms with E-state index in [1.807, 2.05) is 10.9 Å². The maximum absolute atomic E-state index is 6.07. The summed E-state index contributed by atoms with van der Waals surface area (Å²) in [6, 6.07) is 0.932. The lowest BCUT2D eigenvalue weighted by Gasteiger charge is -2.33. The molecule has 0 radical (unpaired) electrons. The predicted octanol–water partition coefficient (Wildman–Crippen LogP) is 1.32. The molecule has 1 aromatic rings. The van der Waals surface area contributed by atoms with E-state index in [0.29, 0.717) is 18.6 Å². The molecule has 5 nitrogen and oxygen atoms in total. The number of nitrogens with two attached hydrogens (primary N) is 1. The van der Waals surface area contributed by atoms with E-state index in [9.17, 15) is 0 Å². The molecule has 1 fully saturated rings. The van der Waals surface area contributed by atoms with Crippen LogP contribution in [0.4, 0.5) is 0 Å². The van der Waals surface area contributed by atoms with Crippen molar-refractivity contribution in [3.63, 3.8) is 0 Å². The van der Waals surface area contributed by atoms with Crippen LogP contribution in [0, 0.1) is 0 Å². The van der Waals surface area contributed by atoms with E-state index < -0.39 is 0 Å². The summed E-state index contributed by atoms with van der Waals surface area (Å²) < 4.78 is 2.04. The molecule has 114 valence electrons. The third-order valence-electron chi connectivity index (χ3n) is 4.11. The second-order valence-electron chi connectivity index (χ2n) is 6.08. The highest BCUT2D eigenvalue weighted by molar-refractivity contribution is 5.12. The Morgan fingerprint density at radius 3 is 2.95 bits per heavy atom. The van der Waals surface area contributed by atoms with Gasteiger partial charge in [0.2, 0.25) is 0 Å². The molecule has 2 rings (SSSR count). The van der Waals surface area contributed by atoms with Crippen LogP contribution in [0.5, 0.6) is 0 Å². The maximum Gasteiger partial charge on any atom is 0.0538 e. The highest BCUT2D eigenvalue weighted by Gasteiger charge is 2.31. The Morgan fingerprint density at radius 2 is 2.30 bits per heavy atom. The van der Waals surface area contributed by atoms with Crippen LogP contribution in [0.1, 0.15) is 37.8 Å². The van der Waals surface area contributed by atoms with Crippen LogP contribution in [0.3, 0.4) is 0 Å². The number of hydrogen-bond donors (Lipinski definition) is 1. The summed E-state index contributed by atoms with van der Waals surface area (Å²) in [6.07, 6.45) is 7.83. The fourth-order valence-corrected chi connectivity index (χ4v) is 3.25. The van der Waals surface area contributed by atoms with Gasteiger partial charge in [0.05, 0.1) is 12.2 Å². The summed E-state index contributed by atoms with van der Waals surface area (Å²) in [5.74, 6) is 0. The molecule has 0 aromatic carbocycles. The van der Waals surface area contributed by atoms with Gasteiger partial charge in [-0.1, -0.05) is 6.92 Å². The van der Waals surface area contributed by atoms with E-state index in [1.165, 1.54) is 18.4 Å². The normalized spacial score (nSPS) is 21.8. The van der Waals surface area contributed by atoms with Gasteiger partial charge in [-0.2, -0.15) is 5.10 Å². The molecule has 2 atom stereocenters. The van der Waals surface area contributed by atoms with Crippen molar-refractivity contribution in [2.24, 2.45) is 5.73 Å². The number of aromatic nitrogens is 2. The van der Waals surface area contributed by atoms with Gasteiger partial charge >= 0.3 is 0 Å². The van der Waals surface area contributed by atoms with Crippen molar-refractivity contribution in [2.75, 3.05) is 33.7 Å². The molecular formula is C15H29N5. The van der Waals surface area contributed by atoms with Gasteiger partial charge in [-0.3, -0.25) is 9.58 Å².